The summed E-state index contributed by atoms with van der Waals surface area (Å²) in [6, 6.07) is 5.53. The molecule has 1 aromatic carbocycles. The largest absolute Gasteiger partial charge is 0.387 e. The molecule has 6 N–H and O–H groups in total. The van der Waals surface area contributed by atoms with Gasteiger partial charge in [-0.25, -0.2) is 9.07 Å². The van der Waals surface area contributed by atoms with E-state index in [9.17, 15) is 28.6 Å². The molecule has 0 amide bonds. The maximum absolute atomic E-state index is 13.3. The van der Waals surface area contributed by atoms with Crippen molar-refractivity contribution in [3.05, 3.63) is 47.1 Å². The van der Waals surface area contributed by atoms with Crippen molar-refractivity contribution < 1.29 is 47.7 Å². The van der Waals surface area contributed by atoms with Crippen LogP contribution >= 0.6 is 26.8 Å². The quantitative estimate of drug-likeness (QED) is 0.157. The molecule has 0 spiro atoms. The molecule has 1 saturated heterocycles. The number of hydrogen-bond donors (Lipinski definition) is 6. The molecule has 18 heteroatoms. The highest BCUT2D eigenvalue weighted by Crippen LogP contribution is 2.55. The summed E-state index contributed by atoms with van der Waals surface area (Å²) in [7, 11) is -9.56. The van der Waals surface area contributed by atoms with Gasteiger partial charge >= 0.3 is 15.2 Å². The fraction of sp³-hybridized carbons (Fsp3) is 0.421. The molecule has 6 atom stereocenters. The van der Waals surface area contributed by atoms with Crippen LogP contribution in [0.4, 0.5) is 10.2 Å². The Labute approximate surface area is 213 Å². The van der Waals surface area contributed by atoms with Crippen LogP contribution in [0.3, 0.4) is 0 Å². The van der Waals surface area contributed by atoms with Gasteiger partial charge in [0.25, 0.3) is 0 Å². The van der Waals surface area contributed by atoms with Crippen LogP contribution in [-0.4, -0.2) is 75.5 Å². The van der Waals surface area contributed by atoms with E-state index in [2.05, 4.69) is 20.4 Å². The van der Waals surface area contributed by atoms with Crippen molar-refractivity contribution in [2.24, 2.45) is 0 Å². The lowest BCUT2D eigenvalue weighted by molar-refractivity contribution is -0.0541. The number of benzene rings is 1. The summed E-state index contributed by atoms with van der Waals surface area (Å²) in [5.74, 6) is -1.51. The van der Waals surface area contributed by atoms with Gasteiger partial charge in [0.15, 0.2) is 17.8 Å². The number of hydrogen-bond acceptors (Lipinski definition) is 10. The second-order valence-corrected chi connectivity index (χ2v) is 12.7. The highest BCUT2D eigenvalue weighted by Gasteiger charge is 2.46. The van der Waals surface area contributed by atoms with Crippen molar-refractivity contribution in [3.8, 4) is 0 Å². The average molecular weight is 582 g/mol. The first-order chi connectivity index (χ1) is 17.2. The van der Waals surface area contributed by atoms with Crippen LogP contribution in [0.2, 0.25) is 5.28 Å². The highest BCUT2D eigenvalue weighted by atomic mass is 35.5. The van der Waals surface area contributed by atoms with Gasteiger partial charge in [-0.15, -0.1) is 0 Å². The first kappa shape index (κ1) is 28.0. The summed E-state index contributed by atoms with van der Waals surface area (Å²) in [6.45, 7) is 1.07. The van der Waals surface area contributed by atoms with Gasteiger partial charge in [0.1, 0.15) is 29.9 Å². The topological polar surface area (TPSA) is 209 Å². The number of halogens is 2. The Balaban J connectivity index is 1.55. The lowest BCUT2D eigenvalue weighted by atomic mass is 10.1. The molecule has 1 aliphatic rings. The Morgan fingerprint density at radius 1 is 1.19 bits per heavy atom. The second-order valence-electron chi connectivity index (χ2n) is 8.37. The van der Waals surface area contributed by atoms with Crippen molar-refractivity contribution >= 4 is 43.6 Å². The van der Waals surface area contributed by atoms with E-state index in [-0.39, 0.29) is 28.6 Å². The molecule has 0 bridgehead atoms. The number of nitrogens with one attached hydrogen (secondary N) is 1. The minimum Gasteiger partial charge on any atom is -0.387 e. The lowest BCUT2D eigenvalue weighted by Gasteiger charge is -2.18. The first-order valence-corrected chi connectivity index (χ1v) is 14.6. The van der Waals surface area contributed by atoms with Gasteiger partial charge in [0, 0.05) is 6.04 Å². The van der Waals surface area contributed by atoms with Crippen LogP contribution in [0.5, 0.6) is 0 Å². The van der Waals surface area contributed by atoms with Gasteiger partial charge < -0.3 is 39.5 Å². The van der Waals surface area contributed by atoms with Gasteiger partial charge in [-0.05, 0) is 36.2 Å². The normalized spacial score (nSPS) is 24.8. The fourth-order valence-corrected chi connectivity index (χ4v) is 6.50. The smallest absolute Gasteiger partial charge is 0.340 e. The maximum atomic E-state index is 13.3. The molecule has 37 heavy (non-hydrogen) atoms. The zero-order valence-electron chi connectivity index (χ0n) is 19.0. The van der Waals surface area contributed by atoms with E-state index < -0.39 is 52.2 Å². The summed E-state index contributed by atoms with van der Waals surface area (Å²) in [4.78, 5) is 35.8. The van der Waals surface area contributed by atoms with Gasteiger partial charge in [-0.3, -0.25) is 9.13 Å². The van der Waals surface area contributed by atoms with Gasteiger partial charge in [0.2, 0.25) is 5.28 Å². The number of aliphatic hydroxyl groups excluding tert-OH is 2. The third-order valence-corrected chi connectivity index (χ3v) is 9.16. The summed E-state index contributed by atoms with van der Waals surface area (Å²) in [5.41, 5.74) is 0.887. The van der Waals surface area contributed by atoms with Crippen LogP contribution in [-0.2, 0) is 18.4 Å². The molecular weight excluding hydrogens is 559 g/mol. The number of aromatic nitrogens is 4. The van der Waals surface area contributed by atoms with Crippen LogP contribution in [0.15, 0.2) is 30.5 Å². The van der Waals surface area contributed by atoms with Crippen molar-refractivity contribution in [2.45, 2.75) is 37.5 Å². The minimum absolute atomic E-state index is 0.126. The summed E-state index contributed by atoms with van der Waals surface area (Å²) < 4.78 is 47.6. The number of nitrogens with zero attached hydrogens (tertiary/aromatic N) is 4. The predicted molar refractivity (Wildman–Crippen MR) is 127 cm³/mol. The molecule has 2 unspecified atom stereocenters. The minimum atomic E-state index is -4.85. The Kier molecular flexibility index (Phi) is 8.03. The van der Waals surface area contributed by atoms with Crippen LogP contribution in [0, 0.1) is 5.82 Å². The third-order valence-electron chi connectivity index (χ3n) is 5.53. The highest BCUT2D eigenvalue weighted by molar-refractivity contribution is 7.70. The Hall–Kier alpha value is -2.03. The molecule has 14 nitrogen and oxygen atoms in total. The monoisotopic (exact) mass is 581 g/mol. The predicted octanol–water partition coefficient (Wildman–Crippen LogP) is 1.75. The molecule has 2 aromatic heterocycles. The Bertz CT molecular complexity index is 1370. The fourth-order valence-electron chi connectivity index (χ4n) is 3.77. The van der Waals surface area contributed by atoms with E-state index >= 15 is 0 Å². The van der Waals surface area contributed by atoms with Crippen molar-refractivity contribution in [1.82, 2.24) is 19.7 Å². The molecule has 4 rings (SSSR count). The Morgan fingerprint density at radius 2 is 1.86 bits per heavy atom. The first-order valence-electron chi connectivity index (χ1n) is 10.7. The zero-order valence-corrected chi connectivity index (χ0v) is 21.5. The Morgan fingerprint density at radius 3 is 2.51 bits per heavy atom. The van der Waals surface area contributed by atoms with Crippen LogP contribution in [0.25, 0.3) is 11.0 Å². The second kappa shape index (κ2) is 10.6. The standard InChI is InChI=1S/C19H23ClFN5O9P2/c1-9(10-2-4-11(21)5-3-10)23-16-12-6-22-26(17(12)25-19(20)24-16)18-15(28)14(27)13(35-18)7-34-37(32,33)8-36(29,30)31/h2-6,9,13-15,18,27-28H,7-8H2,1H3,(H,32,33)(H,23,24,25)(H2,29,30,31)/t9?,13-,14-,15-,18-/m1/s1. The maximum Gasteiger partial charge on any atom is 0.340 e. The number of fused-ring (bicyclic) bond motifs is 1. The SMILES string of the molecule is CC(Nc1nc(Cl)nc2c1cnn2[C@@H]1O[C@H](COP(=O)(O)CP(=O)(O)O)[C@@H](O)[C@H]1O)c1ccc(F)cc1. The zero-order chi connectivity index (χ0) is 27.1. The van der Waals surface area contributed by atoms with E-state index in [1.165, 1.54) is 18.3 Å². The van der Waals surface area contributed by atoms with E-state index in [1.807, 2.05) is 6.92 Å². The molecule has 0 radical (unpaired) electrons. The number of ether oxygens (including phenoxy) is 1. The summed E-state index contributed by atoms with van der Waals surface area (Å²) in [5, 5.41) is 28.5. The van der Waals surface area contributed by atoms with Gasteiger partial charge in [0.05, 0.1) is 18.2 Å². The third kappa shape index (κ3) is 6.52. The van der Waals surface area contributed by atoms with Crippen molar-refractivity contribution in [3.63, 3.8) is 0 Å². The number of rotatable bonds is 9. The molecule has 0 saturated carbocycles. The summed E-state index contributed by atoms with van der Waals surface area (Å²) >= 11 is 6.11. The summed E-state index contributed by atoms with van der Waals surface area (Å²) in [6.07, 6.45) is -4.48. The van der Waals surface area contributed by atoms with Crippen LogP contribution in [0.1, 0.15) is 24.8 Å². The molecule has 0 aliphatic carbocycles. The van der Waals surface area contributed by atoms with E-state index in [0.29, 0.717) is 5.39 Å². The molecule has 202 valence electrons. The molecule has 3 heterocycles. The van der Waals surface area contributed by atoms with Crippen molar-refractivity contribution in [1.29, 1.82) is 0 Å². The lowest BCUT2D eigenvalue weighted by Crippen LogP contribution is -2.33. The van der Waals surface area contributed by atoms with E-state index in [1.54, 1.807) is 12.1 Å². The molecule has 1 aliphatic heterocycles. The van der Waals surface area contributed by atoms with Crippen LogP contribution < -0.4 is 5.32 Å². The van der Waals surface area contributed by atoms with Crippen molar-refractivity contribution in [2.75, 3.05) is 17.8 Å². The van der Waals surface area contributed by atoms with E-state index in [0.717, 1.165) is 10.2 Å². The number of aliphatic hydroxyl groups is 2. The average Bonchev–Trinajstić information content (AvgIpc) is 3.32. The molecule has 3 aromatic rings. The van der Waals surface area contributed by atoms with E-state index in [4.69, 9.17) is 30.6 Å². The molecule has 1 fully saturated rings. The van der Waals surface area contributed by atoms with Gasteiger partial charge in [-0.1, -0.05) is 12.1 Å². The van der Waals surface area contributed by atoms with Gasteiger partial charge in [-0.2, -0.15) is 15.1 Å². The number of anilines is 1. The molecular formula is C19H23ClFN5O9P2.